The third-order valence-corrected chi connectivity index (χ3v) is 6.59. The molecule has 0 bridgehead atoms. The van der Waals surface area contributed by atoms with Crippen LogP contribution in [0.15, 0.2) is 56.8 Å². The van der Waals surface area contributed by atoms with E-state index in [0.29, 0.717) is 35.3 Å². The minimum atomic E-state index is -3.95. The molecule has 2 heterocycles. The van der Waals surface area contributed by atoms with Gasteiger partial charge in [0.25, 0.3) is 0 Å². The second-order valence-electron chi connectivity index (χ2n) is 6.89. The van der Waals surface area contributed by atoms with Crippen LogP contribution in [0.2, 0.25) is 5.02 Å². The van der Waals surface area contributed by atoms with Gasteiger partial charge in [0.05, 0.1) is 4.90 Å². The summed E-state index contributed by atoms with van der Waals surface area (Å²) in [4.78, 5) is 4.39. The minimum Gasteiger partial charge on any atom is -0.486 e. The van der Waals surface area contributed by atoms with Gasteiger partial charge in [0, 0.05) is 22.7 Å². The number of hydrogen-bond acceptors (Lipinski definition) is 7. The van der Waals surface area contributed by atoms with Gasteiger partial charge in [-0.2, -0.15) is 4.98 Å². The second kappa shape index (κ2) is 6.96. The molecule has 0 amide bonds. The van der Waals surface area contributed by atoms with Crippen molar-refractivity contribution >= 4 is 27.3 Å². The van der Waals surface area contributed by atoms with E-state index >= 15 is 0 Å². The number of rotatable bonds is 5. The van der Waals surface area contributed by atoms with Crippen LogP contribution in [0.5, 0.6) is 11.5 Å². The first kappa shape index (κ1) is 18.3. The highest BCUT2D eigenvalue weighted by Crippen LogP contribution is 2.38. The topological polar surface area (TPSA) is 90.7 Å². The standard InChI is InChI=1S/C20H17ClN2O5S/c21-13-3-1-12(2-4-13)18-23-20(19(28-18)22-14-5-6-14)29(24,25)15-7-8-16-17(11-15)27-10-9-26-16/h1-4,7-8,11,14,22H,5-6,9-10H2. The summed E-state index contributed by atoms with van der Waals surface area (Å²) in [5.74, 6) is 1.28. The molecule has 1 aromatic heterocycles. The fourth-order valence-corrected chi connectivity index (χ4v) is 4.42. The molecule has 1 fully saturated rings. The summed E-state index contributed by atoms with van der Waals surface area (Å²) in [7, 11) is -3.95. The predicted molar refractivity (Wildman–Crippen MR) is 106 cm³/mol. The number of anilines is 1. The van der Waals surface area contributed by atoms with Crippen LogP contribution >= 0.6 is 11.6 Å². The molecule has 0 spiro atoms. The van der Waals surface area contributed by atoms with Crippen LogP contribution in [0.1, 0.15) is 12.8 Å². The van der Waals surface area contributed by atoms with Gasteiger partial charge >= 0.3 is 0 Å². The summed E-state index contributed by atoms with van der Waals surface area (Å²) in [6, 6.07) is 11.6. The van der Waals surface area contributed by atoms with Crippen LogP contribution in [-0.4, -0.2) is 32.7 Å². The van der Waals surface area contributed by atoms with Crippen LogP contribution in [0.4, 0.5) is 5.88 Å². The van der Waals surface area contributed by atoms with Gasteiger partial charge in [-0.05, 0) is 49.2 Å². The monoisotopic (exact) mass is 432 g/mol. The van der Waals surface area contributed by atoms with Crippen molar-refractivity contribution in [3.05, 3.63) is 47.5 Å². The minimum absolute atomic E-state index is 0.0663. The van der Waals surface area contributed by atoms with E-state index in [1.165, 1.54) is 12.1 Å². The zero-order chi connectivity index (χ0) is 20.0. The Hall–Kier alpha value is -2.71. The van der Waals surface area contributed by atoms with Crippen molar-refractivity contribution in [3.63, 3.8) is 0 Å². The molecule has 2 aromatic carbocycles. The summed E-state index contributed by atoms with van der Waals surface area (Å²) in [5.41, 5.74) is 0.636. The molecule has 0 saturated heterocycles. The number of benzene rings is 2. The Bertz CT molecular complexity index is 1170. The Morgan fingerprint density at radius 1 is 1.00 bits per heavy atom. The number of aromatic nitrogens is 1. The van der Waals surface area contributed by atoms with Gasteiger partial charge in [0.15, 0.2) is 11.5 Å². The van der Waals surface area contributed by atoms with E-state index in [0.717, 1.165) is 12.8 Å². The van der Waals surface area contributed by atoms with Crippen LogP contribution in [0.3, 0.4) is 0 Å². The maximum Gasteiger partial charge on any atom is 0.234 e. The highest BCUT2D eigenvalue weighted by atomic mass is 35.5. The number of nitrogens with one attached hydrogen (secondary N) is 1. The zero-order valence-corrected chi connectivity index (χ0v) is 16.8. The number of hydrogen-bond donors (Lipinski definition) is 1. The molecule has 1 saturated carbocycles. The van der Waals surface area contributed by atoms with Gasteiger partial charge < -0.3 is 19.2 Å². The predicted octanol–water partition coefficient (Wildman–Crippen LogP) is 4.17. The zero-order valence-electron chi connectivity index (χ0n) is 15.2. The van der Waals surface area contributed by atoms with E-state index < -0.39 is 9.84 Å². The Balaban J connectivity index is 1.58. The molecule has 1 aliphatic heterocycles. The first-order chi connectivity index (χ1) is 14.0. The summed E-state index contributed by atoms with van der Waals surface area (Å²) in [6.07, 6.45) is 1.92. The number of oxazole rings is 1. The van der Waals surface area contributed by atoms with Gasteiger partial charge in [-0.1, -0.05) is 11.6 Å². The molecule has 9 heteroatoms. The molecule has 7 nitrogen and oxygen atoms in total. The average Bonchev–Trinajstić information content (AvgIpc) is 3.44. The maximum absolute atomic E-state index is 13.4. The quantitative estimate of drug-likeness (QED) is 0.646. The Morgan fingerprint density at radius 3 is 2.45 bits per heavy atom. The summed E-state index contributed by atoms with van der Waals surface area (Å²) < 4.78 is 43.5. The summed E-state index contributed by atoms with van der Waals surface area (Å²) in [6.45, 7) is 0.804. The molecule has 1 N–H and O–H groups in total. The lowest BCUT2D eigenvalue weighted by Gasteiger charge is -2.18. The van der Waals surface area contributed by atoms with Gasteiger partial charge in [0.1, 0.15) is 13.2 Å². The van der Waals surface area contributed by atoms with Crippen molar-refractivity contribution in [2.45, 2.75) is 28.8 Å². The Labute approximate surface area is 172 Å². The largest absolute Gasteiger partial charge is 0.486 e. The number of sulfone groups is 1. The molecule has 5 rings (SSSR count). The molecule has 0 unspecified atom stereocenters. The van der Waals surface area contributed by atoms with Crippen LogP contribution in [0, 0.1) is 0 Å². The fourth-order valence-electron chi connectivity index (χ4n) is 3.01. The second-order valence-corrected chi connectivity index (χ2v) is 9.19. The van der Waals surface area contributed by atoms with Gasteiger partial charge in [-0.25, -0.2) is 8.42 Å². The van der Waals surface area contributed by atoms with E-state index in [9.17, 15) is 8.42 Å². The molecule has 150 valence electrons. The smallest absolute Gasteiger partial charge is 0.234 e. The summed E-state index contributed by atoms with van der Waals surface area (Å²) in [5, 5.41) is 3.56. The van der Waals surface area contributed by atoms with Crippen LogP contribution < -0.4 is 14.8 Å². The molecule has 1 aliphatic carbocycles. The van der Waals surface area contributed by atoms with E-state index in [4.69, 9.17) is 25.5 Å². The Kier molecular flexibility index (Phi) is 4.40. The highest BCUT2D eigenvalue weighted by molar-refractivity contribution is 7.91. The third-order valence-electron chi connectivity index (χ3n) is 4.68. The lowest BCUT2D eigenvalue weighted by atomic mass is 10.2. The number of nitrogens with zero attached hydrogens (tertiary/aromatic N) is 1. The Morgan fingerprint density at radius 2 is 1.72 bits per heavy atom. The average molecular weight is 433 g/mol. The normalized spacial score (nSPS) is 15.9. The molecular weight excluding hydrogens is 416 g/mol. The summed E-state index contributed by atoms with van der Waals surface area (Å²) >= 11 is 5.94. The maximum atomic E-state index is 13.4. The van der Waals surface area contributed by atoms with Gasteiger partial charge in [-0.3, -0.25) is 0 Å². The van der Waals surface area contributed by atoms with E-state index in [2.05, 4.69) is 10.3 Å². The van der Waals surface area contributed by atoms with Crippen molar-refractivity contribution in [1.82, 2.24) is 4.98 Å². The van der Waals surface area contributed by atoms with E-state index in [1.807, 2.05) is 0 Å². The van der Waals surface area contributed by atoms with Crippen molar-refractivity contribution in [1.29, 1.82) is 0 Å². The molecular formula is C20H17ClN2O5S. The first-order valence-corrected chi connectivity index (χ1v) is 11.0. The molecule has 3 aromatic rings. The number of ether oxygens (including phenoxy) is 2. The van der Waals surface area contributed by atoms with Crippen LogP contribution in [0.25, 0.3) is 11.5 Å². The van der Waals surface area contributed by atoms with E-state index in [-0.39, 0.29) is 27.7 Å². The molecule has 0 atom stereocenters. The lowest BCUT2D eigenvalue weighted by molar-refractivity contribution is 0.171. The first-order valence-electron chi connectivity index (χ1n) is 9.19. The molecule has 2 aliphatic rings. The third kappa shape index (κ3) is 3.54. The van der Waals surface area contributed by atoms with E-state index in [1.54, 1.807) is 30.3 Å². The fraction of sp³-hybridized carbons (Fsp3) is 0.250. The van der Waals surface area contributed by atoms with Gasteiger partial charge in [0.2, 0.25) is 26.6 Å². The lowest BCUT2D eigenvalue weighted by Crippen LogP contribution is -2.16. The molecule has 0 radical (unpaired) electrons. The SMILES string of the molecule is O=S(=O)(c1ccc2c(c1)OCCO2)c1nc(-c2ccc(Cl)cc2)oc1NC1CC1. The highest BCUT2D eigenvalue weighted by Gasteiger charge is 2.33. The van der Waals surface area contributed by atoms with Crippen molar-refractivity contribution in [2.24, 2.45) is 0 Å². The van der Waals surface area contributed by atoms with Crippen molar-refractivity contribution in [3.8, 4) is 23.0 Å². The van der Waals surface area contributed by atoms with Crippen molar-refractivity contribution < 1.29 is 22.3 Å². The number of fused-ring (bicyclic) bond motifs is 1. The van der Waals surface area contributed by atoms with Gasteiger partial charge in [-0.15, -0.1) is 0 Å². The van der Waals surface area contributed by atoms with Crippen LogP contribution in [-0.2, 0) is 9.84 Å². The molecule has 29 heavy (non-hydrogen) atoms. The number of halogens is 1. The van der Waals surface area contributed by atoms with Crippen molar-refractivity contribution in [2.75, 3.05) is 18.5 Å².